The van der Waals surface area contributed by atoms with Crippen molar-refractivity contribution in [2.75, 3.05) is 27.8 Å². The highest BCUT2D eigenvalue weighted by atomic mass is 16.5. The Hall–Kier alpha value is -3.35. The van der Waals surface area contributed by atoms with E-state index in [-0.39, 0.29) is 29.8 Å². The van der Waals surface area contributed by atoms with Gasteiger partial charge in [0.15, 0.2) is 0 Å². The quantitative estimate of drug-likeness (QED) is 0.630. The van der Waals surface area contributed by atoms with E-state index in [4.69, 9.17) is 14.6 Å². The van der Waals surface area contributed by atoms with Gasteiger partial charge >= 0.3 is 0 Å². The van der Waals surface area contributed by atoms with Crippen LogP contribution in [0.3, 0.4) is 0 Å². The summed E-state index contributed by atoms with van der Waals surface area (Å²) in [6.07, 6.45) is 0.932. The lowest BCUT2D eigenvalue weighted by molar-refractivity contribution is -0.141. The Morgan fingerprint density at radius 2 is 1.73 bits per heavy atom. The Balaban J connectivity index is 1.87. The van der Waals surface area contributed by atoms with Gasteiger partial charge in [-0.05, 0) is 35.2 Å². The van der Waals surface area contributed by atoms with E-state index in [0.29, 0.717) is 12.8 Å². The second kappa shape index (κ2) is 10.1. The highest BCUT2D eigenvalue weighted by Gasteiger charge is 2.34. The van der Waals surface area contributed by atoms with Crippen LogP contribution < -0.4 is 9.47 Å². The van der Waals surface area contributed by atoms with Gasteiger partial charge in [-0.25, -0.2) is 5.01 Å². The molecule has 33 heavy (non-hydrogen) atoms. The minimum atomic E-state index is -0.268. The van der Waals surface area contributed by atoms with Crippen molar-refractivity contribution in [3.8, 4) is 11.5 Å². The zero-order valence-electron chi connectivity index (χ0n) is 20.3. The summed E-state index contributed by atoms with van der Waals surface area (Å²) in [5.74, 6) is 1.19. The first-order chi connectivity index (χ1) is 15.6. The molecule has 0 fully saturated rings. The molecule has 0 bridgehead atoms. The van der Waals surface area contributed by atoms with Gasteiger partial charge in [0.05, 0.1) is 26.0 Å². The maximum absolute atomic E-state index is 13.3. The molecule has 1 unspecified atom stereocenters. The first kappa shape index (κ1) is 24.3. The summed E-state index contributed by atoms with van der Waals surface area (Å²) in [6, 6.07) is 15.0. The largest absolute Gasteiger partial charge is 0.497 e. The van der Waals surface area contributed by atoms with Gasteiger partial charge in [0, 0.05) is 25.5 Å². The van der Waals surface area contributed by atoms with Gasteiger partial charge in [0.25, 0.3) is 5.91 Å². The minimum Gasteiger partial charge on any atom is -0.497 e. The van der Waals surface area contributed by atoms with E-state index in [1.54, 1.807) is 21.3 Å². The molecule has 2 amide bonds. The summed E-state index contributed by atoms with van der Waals surface area (Å²) < 4.78 is 10.6. The number of hydrazone groups is 1. The number of methoxy groups -OCH3 is 2. The van der Waals surface area contributed by atoms with Crippen LogP contribution in [-0.4, -0.2) is 55.2 Å². The minimum absolute atomic E-state index is 0.0313. The van der Waals surface area contributed by atoms with Gasteiger partial charge in [0.1, 0.15) is 18.0 Å². The van der Waals surface area contributed by atoms with Gasteiger partial charge in [-0.15, -0.1) is 0 Å². The normalized spacial score (nSPS) is 15.8. The number of amides is 2. The Bertz CT molecular complexity index is 1020. The molecule has 0 radical (unpaired) electrons. The van der Waals surface area contributed by atoms with Crippen LogP contribution in [0.2, 0.25) is 0 Å². The topological polar surface area (TPSA) is 71.4 Å². The summed E-state index contributed by atoms with van der Waals surface area (Å²) in [6.45, 7) is 5.98. The fraction of sp³-hybridized carbons (Fsp3) is 0.423. The molecule has 176 valence electrons. The van der Waals surface area contributed by atoms with Crippen LogP contribution in [-0.2, 0) is 9.59 Å². The molecule has 1 atom stereocenters. The SMILES string of the molecule is COc1ccc(C2CC(c3cccc(OC)c3)=NN2C(=O)CN(C)C(=O)CC(C)(C)C)cc1. The zero-order valence-corrected chi connectivity index (χ0v) is 20.3. The predicted octanol–water partition coefficient (Wildman–Crippen LogP) is 4.28. The van der Waals surface area contributed by atoms with Gasteiger partial charge in [0.2, 0.25) is 5.91 Å². The Kier molecular flexibility index (Phi) is 7.41. The number of carbonyl (C=O) groups excluding carboxylic acids is 2. The summed E-state index contributed by atoms with van der Waals surface area (Å²) in [5.41, 5.74) is 2.51. The maximum Gasteiger partial charge on any atom is 0.262 e. The van der Waals surface area contributed by atoms with Crippen LogP contribution in [0.5, 0.6) is 11.5 Å². The molecule has 2 aromatic carbocycles. The second-order valence-corrected chi connectivity index (χ2v) is 9.50. The number of hydrogen-bond acceptors (Lipinski definition) is 5. The molecular weight excluding hydrogens is 418 g/mol. The standard InChI is InChI=1S/C26H33N3O4/c1-26(2,3)16-24(30)28(4)17-25(31)29-23(18-10-12-20(32-5)13-11-18)15-22(27-29)19-8-7-9-21(14-19)33-6/h7-14,23H,15-17H2,1-6H3. The third-order valence-corrected chi connectivity index (χ3v) is 5.55. The predicted molar refractivity (Wildman–Crippen MR) is 128 cm³/mol. The molecule has 3 rings (SSSR count). The van der Waals surface area contributed by atoms with Gasteiger partial charge in [-0.1, -0.05) is 45.0 Å². The van der Waals surface area contributed by atoms with E-state index in [0.717, 1.165) is 28.3 Å². The fourth-order valence-corrected chi connectivity index (χ4v) is 3.76. The number of likely N-dealkylation sites (N-methyl/N-ethyl adjacent to an activating group) is 1. The van der Waals surface area contributed by atoms with Gasteiger partial charge in [-0.2, -0.15) is 5.10 Å². The Morgan fingerprint density at radius 3 is 2.33 bits per heavy atom. The molecule has 2 aromatic rings. The van der Waals surface area contributed by atoms with E-state index in [9.17, 15) is 9.59 Å². The third-order valence-electron chi connectivity index (χ3n) is 5.55. The molecule has 0 spiro atoms. The molecule has 1 aliphatic rings. The molecule has 1 aliphatic heterocycles. The lowest BCUT2D eigenvalue weighted by Gasteiger charge is -2.26. The van der Waals surface area contributed by atoms with Crippen molar-refractivity contribution in [3.63, 3.8) is 0 Å². The first-order valence-electron chi connectivity index (χ1n) is 11.0. The molecule has 7 heteroatoms. The van der Waals surface area contributed by atoms with E-state index in [2.05, 4.69) is 0 Å². The first-order valence-corrected chi connectivity index (χ1v) is 11.0. The number of ether oxygens (including phenoxy) is 2. The molecule has 0 aliphatic carbocycles. The monoisotopic (exact) mass is 451 g/mol. The van der Waals surface area contributed by atoms with Crippen molar-refractivity contribution in [2.45, 2.75) is 39.7 Å². The summed E-state index contributed by atoms with van der Waals surface area (Å²) >= 11 is 0. The van der Waals surface area contributed by atoms with Crippen LogP contribution >= 0.6 is 0 Å². The summed E-state index contributed by atoms with van der Waals surface area (Å²) in [7, 11) is 4.90. The molecule has 0 aromatic heterocycles. The number of carbonyl (C=O) groups is 2. The highest BCUT2D eigenvalue weighted by Crippen LogP contribution is 2.34. The summed E-state index contributed by atoms with van der Waals surface area (Å²) in [5, 5.41) is 6.21. The smallest absolute Gasteiger partial charge is 0.262 e. The molecule has 0 saturated heterocycles. The maximum atomic E-state index is 13.3. The van der Waals surface area contributed by atoms with Crippen LogP contribution in [0.4, 0.5) is 0 Å². The molecule has 1 heterocycles. The molecule has 0 N–H and O–H groups in total. The molecule has 0 saturated carbocycles. The zero-order chi connectivity index (χ0) is 24.2. The summed E-state index contributed by atoms with van der Waals surface area (Å²) in [4.78, 5) is 27.4. The Morgan fingerprint density at radius 1 is 1.06 bits per heavy atom. The van der Waals surface area contributed by atoms with Crippen LogP contribution in [0, 0.1) is 5.41 Å². The van der Waals surface area contributed by atoms with Crippen molar-refractivity contribution in [2.24, 2.45) is 10.5 Å². The lowest BCUT2D eigenvalue weighted by Crippen LogP contribution is -2.40. The van der Waals surface area contributed by atoms with E-state index in [1.807, 2.05) is 69.3 Å². The fourth-order valence-electron chi connectivity index (χ4n) is 3.76. The van der Waals surface area contributed by atoms with E-state index in [1.165, 1.54) is 9.91 Å². The molecule has 7 nitrogen and oxygen atoms in total. The van der Waals surface area contributed by atoms with Crippen molar-refractivity contribution >= 4 is 17.5 Å². The van der Waals surface area contributed by atoms with Gasteiger partial charge in [-0.3, -0.25) is 9.59 Å². The van der Waals surface area contributed by atoms with Crippen LogP contribution in [0.25, 0.3) is 0 Å². The highest BCUT2D eigenvalue weighted by molar-refractivity contribution is 6.03. The average Bonchev–Trinajstić information content (AvgIpc) is 3.23. The average molecular weight is 452 g/mol. The van der Waals surface area contributed by atoms with Crippen LogP contribution in [0.1, 0.15) is 50.8 Å². The molecular formula is C26H33N3O4. The van der Waals surface area contributed by atoms with E-state index >= 15 is 0 Å². The van der Waals surface area contributed by atoms with Crippen molar-refractivity contribution in [3.05, 3.63) is 59.7 Å². The third kappa shape index (κ3) is 6.12. The Labute approximate surface area is 196 Å². The second-order valence-electron chi connectivity index (χ2n) is 9.50. The van der Waals surface area contributed by atoms with E-state index < -0.39 is 0 Å². The number of nitrogens with zero attached hydrogens (tertiary/aromatic N) is 3. The number of rotatable bonds is 7. The number of hydrogen-bond donors (Lipinski definition) is 0. The number of benzene rings is 2. The van der Waals surface area contributed by atoms with Crippen molar-refractivity contribution in [1.29, 1.82) is 0 Å². The van der Waals surface area contributed by atoms with Crippen LogP contribution in [0.15, 0.2) is 53.6 Å². The van der Waals surface area contributed by atoms with Crippen molar-refractivity contribution < 1.29 is 19.1 Å². The lowest BCUT2D eigenvalue weighted by atomic mass is 9.92. The van der Waals surface area contributed by atoms with Crippen molar-refractivity contribution in [1.82, 2.24) is 9.91 Å². The van der Waals surface area contributed by atoms with Gasteiger partial charge < -0.3 is 14.4 Å².